The van der Waals surface area contributed by atoms with Gasteiger partial charge < -0.3 is 4.74 Å². The number of benzene rings is 1. The first-order chi connectivity index (χ1) is 9.52. The van der Waals surface area contributed by atoms with Crippen LogP contribution < -0.4 is 4.74 Å². The first kappa shape index (κ1) is 15.6. The van der Waals surface area contributed by atoms with Crippen LogP contribution in [0, 0.1) is 0 Å². The topological polar surface area (TPSA) is 26.3 Å². The Labute approximate surface area is 130 Å². The molecule has 1 aliphatic rings. The summed E-state index contributed by atoms with van der Waals surface area (Å²) in [5, 5.41) is 0. The average molecular weight is 339 g/mol. The molecule has 0 saturated carbocycles. The quantitative estimate of drug-likeness (QED) is 0.586. The molecule has 0 aliphatic heterocycles. The maximum absolute atomic E-state index is 12.7. The number of ketones is 1. The molecule has 0 spiro atoms. The van der Waals surface area contributed by atoms with Crippen molar-refractivity contribution in [1.29, 1.82) is 0 Å². The predicted molar refractivity (Wildman–Crippen MR) is 85.9 cm³/mol. The van der Waals surface area contributed by atoms with Gasteiger partial charge in [-0.25, -0.2) is 0 Å². The van der Waals surface area contributed by atoms with Crippen LogP contribution >= 0.6 is 15.9 Å². The minimum absolute atomic E-state index is 0.0602. The van der Waals surface area contributed by atoms with Gasteiger partial charge in [0.15, 0.2) is 5.78 Å². The Morgan fingerprint density at radius 1 is 1.40 bits per heavy atom. The van der Waals surface area contributed by atoms with E-state index in [0.29, 0.717) is 5.78 Å². The molecule has 0 bridgehead atoms. The van der Waals surface area contributed by atoms with Gasteiger partial charge in [-0.1, -0.05) is 48.2 Å². The first-order valence-electron chi connectivity index (χ1n) is 7.38. The van der Waals surface area contributed by atoms with Crippen LogP contribution in [-0.4, -0.2) is 17.7 Å². The number of fused-ring (bicyclic) bond motifs is 1. The molecule has 1 aromatic rings. The number of hydrogen-bond donors (Lipinski definition) is 0. The number of carbonyl (C=O) groups is 1. The van der Waals surface area contributed by atoms with Crippen molar-refractivity contribution in [2.45, 2.75) is 56.2 Å². The van der Waals surface area contributed by atoms with Crippen molar-refractivity contribution in [3.05, 3.63) is 29.3 Å². The fourth-order valence-corrected chi connectivity index (χ4v) is 3.98. The highest BCUT2D eigenvalue weighted by molar-refractivity contribution is 9.10. The highest BCUT2D eigenvalue weighted by atomic mass is 79.9. The van der Waals surface area contributed by atoms with E-state index in [-0.39, 0.29) is 10.2 Å². The van der Waals surface area contributed by atoms with E-state index in [1.165, 1.54) is 18.4 Å². The van der Waals surface area contributed by atoms with E-state index >= 15 is 0 Å². The minimum Gasteiger partial charge on any atom is -0.497 e. The normalized spacial score (nSPS) is 25.4. The molecule has 2 nitrogen and oxygen atoms in total. The third-order valence-corrected chi connectivity index (χ3v) is 5.16. The van der Waals surface area contributed by atoms with E-state index in [1.54, 1.807) is 7.11 Å². The maximum Gasteiger partial charge on any atom is 0.157 e. The number of hydrogen-bond acceptors (Lipinski definition) is 2. The summed E-state index contributed by atoms with van der Waals surface area (Å²) in [5.74, 6) is 1.15. The highest BCUT2D eigenvalue weighted by Gasteiger charge is 2.43. The Morgan fingerprint density at radius 2 is 2.15 bits per heavy atom. The zero-order valence-corrected chi connectivity index (χ0v) is 14.1. The Hall–Kier alpha value is -0.830. The molecule has 0 radical (unpaired) electrons. The maximum atomic E-state index is 12.7. The summed E-state index contributed by atoms with van der Waals surface area (Å²) >= 11 is 3.56. The second-order valence-corrected chi connectivity index (χ2v) is 6.95. The SMILES string of the molecule is CCCCCC1(C)C(=O)C(Br)Cc2ccc(OC)cc21. The second-order valence-electron chi connectivity index (χ2n) is 5.85. The summed E-state index contributed by atoms with van der Waals surface area (Å²) in [4.78, 5) is 12.7. The van der Waals surface area contributed by atoms with Crippen LogP contribution in [0.3, 0.4) is 0 Å². The van der Waals surface area contributed by atoms with Crippen LogP contribution in [-0.2, 0) is 16.6 Å². The van der Waals surface area contributed by atoms with Crippen LogP contribution in [0.2, 0.25) is 0 Å². The van der Waals surface area contributed by atoms with Crippen molar-refractivity contribution in [1.82, 2.24) is 0 Å². The number of halogens is 1. The molecule has 0 N–H and O–H groups in total. The van der Waals surface area contributed by atoms with E-state index in [9.17, 15) is 4.79 Å². The Morgan fingerprint density at radius 3 is 2.80 bits per heavy atom. The molecule has 2 atom stereocenters. The van der Waals surface area contributed by atoms with Crippen molar-refractivity contribution >= 4 is 21.7 Å². The summed E-state index contributed by atoms with van der Waals surface area (Å²) in [5.41, 5.74) is 2.05. The summed E-state index contributed by atoms with van der Waals surface area (Å²) in [6.45, 7) is 4.28. The molecule has 2 rings (SSSR count). The van der Waals surface area contributed by atoms with E-state index in [2.05, 4.69) is 41.9 Å². The lowest BCUT2D eigenvalue weighted by atomic mass is 9.67. The first-order valence-corrected chi connectivity index (χ1v) is 8.30. The van der Waals surface area contributed by atoms with Crippen LogP contribution in [0.1, 0.15) is 50.7 Å². The number of rotatable bonds is 5. The molecule has 1 aliphatic carbocycles. The third kappa shape index (κ3) is 2.78. The van der Waals surface area contributed by atoms with Gasteiger partial charge in [-0.05, 0) is 43.0 Å². The van der Waals surface area contributed by atoms with Gasteiger partial charge in [0.1, 0.15) is 5.75 Å². The minimum atomic E-state index is -0.383. The zero-order chi connectivity index (χ0) is 14.8. The van der Waals surface area contributed by atoms with Gasteiger partial charge >= 0.3 is 0 Å². The highest BCUT2D eigenvalue weighted by Crippen LogP contribution is 2.42. The van der Waals surface area contributed by atoms with Crippen molar-refractivity contribution in [3.63, 3.8) is 0 Å². The van der Waals surface area contributed by atoms with Crippen LogP contribution in [0.5, 0.6) is 5.75 Å². The molecular formula is C17H23BrO2. The number of Topliss-reactive ketones (excluding diaryl/α,β-unsaturated/α-hetero) is 1. The Kier molecular flexibility index (Phi) is 4.90. The van der Waals surface area contributed by atoms with E-state index < -0.39 is 0 Å². The van der Waals surface area contributed by atoms with Gasteiger partial charge in [0, 0.05) is 0 Å². The average Bonchev–Trinajstić information content (AvgIpc) is 2.45. The summed E-state index contributed by atoms with van der Waals surface area (Å²) in [6, 6.07) is 6.14. The monoisotopic (exact) mass is 338 g/mol. The number of methoxy groups -OCH3 is 1. The van der Waals surface area contributed by atoms with Crippen LogP contribution in [0.15, 0.2) is 18.2 Å². The molecule has 0 aromatic heterocycles. The van der Waals surface area contributed by atoms with E-state index in [0.717, 1.165) is 30.6 Å². The fourth-order valence-electron chi connectivity index (χ4n) is 3.12. The standard InChI is InChI=1S/C17H23BrO2/c1-4-5-6-9-17(2)14-11-13(20-3)8-7-12(14)10-15(18)16(17)19/h7-8,11,15H,4-6,9-10H2,1-3H3. The van der Waals surface area contributed by atoms with Crippen molar-refractivity contribution in [2.24, 2.45) is 0 Å². The lowest BCUT2D eigenvalue weighted by Gasteiger charge is -2.37. The number of ether oxygens (including phenoxy) is 1. The number of alkyl halides is 1. The number of carbonyl (C=O) groups excluding carboxylic acids is 1. The van der Waals surface area contributed by atoms with E-state index in [1.807, 2.05) is 6.07 Å². The Bertz CT molecular complexity index is 498. The molecule has 2 unspecified atom stereocenters. The Balaban J connectivity index is 2.41. The molecule has 0 saturated heterocycles. The molecule has 20 heavy (non-hydrogen) atoms. The number of unbranched alkanes of at least 4 members (excludes halogenated alkanes) is 2. The summed E-state index contributed by atoms with van der Waals surface area (Å²) in [6.07, 6.45) is 5.14. The predicted octanol–water partition coefficient (Wildman–Crippen LogP) is 4.42. The van der Waals surface area contributed by atoms with Crippen molar-refractivity contribution < 1.29 is 9.53 Å². The van der Waals surface area contributed by atoms with Crippen molar-refractivity contribution in [2.75, 3.05) is 7.11 Å². The van der Waals surface area contributed by atoms with Crippen LogP contribution in [0.4, 0.5) is 0 Å². The van der Waals surface area contributed by atoms with Crippen molar-refractivity contribution in [3.8, 4) is 5.75 Å². The third-order valence-electron chi connectivity index (χ3n) is 4.42. The van der Waals surface area contributed by atoms with Gasteiger partial charge in [-0.3, -0.25) is 4.79 Å². The van der Waals surface area contributed by atoms with Gasteiger partial charge in [-0.2, -0.15) is 0 Å². The van der Waals surface area contributed by atoms with Gasteiger partial charge in [0.05, 0.1) is 17.4 Å². The zero-order valence-electron chi connectivity index (χ0n) is 12.5. The molecular weight excluding hydrogens is 316 g/mol. The van der Waals surface area contributed by atoms with E-state index in [4.69, 9.17) is 4.74 Å². The van der Waals surface area contributed by atoms with Crippen LogP contribution in [0.25, 0.3) is 0 Å². The summed E-state index contributed by atoms with van der Waals surface area (Å²) in [7, 11) is 1.67. The molecule has 3 heteroatoms. The molecule has 110 valence electrons. The molecule has 0 heterocycles. The smallest absolute Gasteiger partial charge is 0.157 e. The fraction of sp³-hybridized carbons (Fsp3) is 0.588. The second kappa shape index (κ2) is 6.30. The molecule has 0 amide bonds. The van der Waals surface area contributed by atoms with Gasteiger partial charge in [-0.15, -0.1) is 0 Å². The molecule has 0 fully saturated rings. The molecule has 1 aromatic carbocycles. The van der Waals surface area contributed by atoms with Gasteiger partial charge in [0.2, 0.25) is 0 Å². The summed E-state index contributed by atoms with van der Waals surface area (Å²) < 4.78 is 5.34. The largest absolute Gasteiger partial charge is 0.497 e. The lowest BCUT2D eigenvalue weighted by Crippen LogP contribution is -2.43. The lowest BCUT2D eigenvalue weighted by molar-refractivity contribution is -0.124. The van der Waals surface area contributed by atoms with Gasteiger partial charge in [0.25, 0.3) is 0 Å².